The molecule has 1 aromatic heterocycles. The largest absolute Gasteiger partial charge is 0.497 e. The van der Waals surface area contributed by atoms with Gasteiger partial charge in [0.15, 0.2) is 0 Å². The smallest absolute Gasteiger partial charge is 0.290 e. The quantitative estimate of drug-likeness (QED) is 0.725. The van der Waals surface area contributed by atoms with Gasteiger partial charge in [-0.15, -0.1) is 0 Å². The van der Waals surface area contributed by atoms with Crippen LogP contribution in [0.1, 0.15) is 41.8 Å². The molecule has 166 valence electrons. The number of methoxy groups -OCH3 is 1. The Kier molecular flexibility index (Phi) is 7.64. The van der Waals surface area contributed by atoms with Crippen LogP contribution in [0.3, 0.4) is 0 Å². The highest BCUT2D eigenvalue weighted by Crippen LogP contribution is 2.19. The van der Waals surface area contributed by atoms with E-state index in [1.54, 1.807) is 19.1 Å². The van der Waals surface area contributed by atoms with Crippen molar-refractivity contribution in [2.75, 3.05) is 20.7 Å². The second-order valence-corrected chi connectivity index (χ2v) is 7.72. The predicted molar refractivity (Wildman–Crippen MR) is 112 cm³/mol. The van der Waals surface area contributed by atoms with E-state index < -0.39 is 5.92 Å². The highest BCUT2D eigenvalue weighted by molar-refractivity contribution is 5.91. The van der Waals surface area contributed by atoms with Crippen LogP contribution in [-0.4, -0.2) is 54.5 Å². The van der Waals surface area contributed by atoms with E-state index in [1.165, 1.54) is 12.3 Å². The summed E-state index contributed by atoms with van der Waals surface area (Å²) in [6.07, 6.45) is 3.49. The van der Waals surface area contributed by atoms with Crippen LogP contribution in [-0.2, 0) is 16.1 Å². The fourth-order valence-electron chi connectivity index (χ4n) is 3.61. The first-order valence-electron chi connectivity index (χ1n) is 10.3. The Bertz CT molecular complexity index is 882. The van der Waals surface area contributed by atoms with Crippen molar-refractivity contribution in [1.29, 1.82) is 0 Å². The molecule has 2 heterocycles. The van der Waals surface area contributed by atoms with E-state index in [1.807, 2.05) is 24.3 Å². The number of hydrogen-bond acceptors (Lipinski definition) is 6. The average molecular weight is 428 g/mol. The minimum absolute atomic E-state index is 0.120. The molecule has 0 bridgehead atoms. The van der Waals surface area contributed by atoms with Crippen LogP contribution in [0.4, 0.5) is 0 Å². The van der Waals surface area contributed by atoms with Gasteiger partial charge >= 0.3 is 0 Å². The molecule has 31 heavy (non-hydrogen) atoms. The standard InChI is InChI=1S/C22H28N4O5/c1-26-14-17(25-22(29)19-10-11-24-31-19)5-3-4-16(12-20(26)27)21(28)23-13-15-6-8-18(30-2)9-7-15/h6-11,16-17H,3-5,12-14H2,1-2H3,(H,23,28)(H,25,29)/t16-,17-/m1/s1. The highest BCUT2D eigenvalue weighted by atomic mass is 16.5. The van der Waals surface area contributed by atoms with Crippen molar-refractivity contribution < 1.29 is 23.6 Å². The van der Waals surface area contributed by atoms with E-state index in [0.29, 0.717) is 32.4 Å². The number of carbonyl (C=O) groups excluding carboxylic acids is 3. The number of benzene rings is 1. The fraction of sp³-hybridized carbons (Fsp3) is 0.455. The van der Waals surface area contributed by atoms with Crippen molar-refractivity contribution in [2.45, 2.75) is 38.3 Å². The zero-order valence-electron chi connectivity index (χ0n) is 17.8. The van der Waals surface area contributed by atoms with Crippen LogP contribution < -0.4 is 15.4 Å². The number of nitrogens with one attached hydrogen (secondary N) is 2. The zero-order chi connectivity index (χ0) is 22.2. The van der Waals surface area contributed by atoms with E-state index in [2.05, 4.69) is 15.8 Å². The van der Waals surface area contributed by atoms with Gasteiger partial charge in [0, 0.05) is 44.6 Å². The summed E-state index contributed by atoms with van der Waals surface area (Å²) >= 11 is 0. The Balaban J connectivity index is 1.56. The zero-order valence-corrected chi connectivity index (χ0v) is 17.8. The molecule has 2 aromatic rings. The topological polar surface area (TPSA) is 114 Å². The molecule has 0 saturated carbocycles. The molecule has 1 aliphatic heterocycles. The normalized spacial score (nSPS) is 19.7. The van der Waals surface area contributed by atoms with E-state index in [4.69, 9.17) is 9.26 Å². The maximum absolute atomic E-state index is 12.7. The van der Waals surface area contributed by atoms with Crippen LogP contribution in [0, 0.1) is 5.92 Å². The summed E-state index contributed by atoms with van der Waals surface area (Å²) in [4.78, 5) is 39.2. The second kappa shape index (κ2) is 10.6. The third kappa shape index (κ3) is 6.31. The molecule has 0 radical (unpaired) electrons. The van der Waals surface area contributed by atoms with E-state index in [9.17, 15) is 14.4 Å². The summed E-state index contributed by atoms with van der Waals surface area (Å²) in [7, 11) is 3.29. The Labute approximate surface area is 181 Å². The summed E-state index contributed by atoms with van der Waals surface area (Å²) < 4.78 is 10.0. The van der Waals surface area contributed by atoms with Gasteiger partial charge in [-0.2, -0.15) is 0 Å². The van der Waals surface area contributed by atoms with Gasteiger partial charge in [-0.25, -0.2) is 0 Å². The van der Waals surface area contributed by atoms with Gasteiger partial charge in [-0.3, -0.25) is 14.4 Å². The van der Waals surface area contributed by atoms with Gasteiger partial charge in [0.05, 0.1) is 13.3 Å². The van der Waals surface area contributed by atoms with Crippen molar-refractivity contribution in [3.63, 3.8) is 0 Å². The minimum Gasteiger partial charge on any atom is -0.497 e. The molecule has 1 aromatic carbocycles. The van der Waals surface area contributed by atoms with Gasteiger partial charge in [0.2, 0.25) is 17.6 Å². The fourth-order valence-corrected chi connectivity index (χ4v) is 3.61. The molecule has 1 aliphatic rings. The van der Waals surface area contributed by atoms with Gasteiger partial charge in [0.1, 0.15) is 5.75 Å². The summed E-state index contributed by atoms with van der Waals surface area (Å²) in [6, 6.07) is 8.72. The Morgan fingerprint density at radius 1 is 1.23 bits per heavy atom. The Morgan fingerprint density at radius 3 is 2.68 bits per heavy atom. The molecule has 0 unspecified atom stereocenters. The molecule has 1 fully saturated rings. The highest BCUT2D eigenvalue weighted by Gasteiger charge is 2.28. The predicted octanol–water partition coefficient (Wildman–Crippen LogP) is 1.75. The molecule has 9 heteroatoms. The Morgan fingerprint density at radius 2 is 2.00 bits per heavy atom. The number of carbonyl (C=O) groups is 3. The third-order valence-corrected chi connectivity index (χ3v) is 5.44. The van der Waals surface area contributed by atoms with Crippen LogP contribution in [0.5, 0.6) is 5.75 Å². The van der Waals surface area contributed by atoms with Crippen molar-refractivity contribution in [3.05, 3.63) is 47.9 Å². The maximum atomic E-state index is 12.7. The molecule has 1 saturated heterocycles. The molecule has 0 aliphatic carbocycles. The van der Waals surface area contributed by atoms with Crippen molar-refractivity contribution in [2.24, 2.45) is 5.92 Å². The molecular formula is C22H28N4O5. The monoisotopic (exact) mass is 428 g/mol. The van der Waals surface area contributed by atoms with Crippen molar-refractivity contribution in [3.8, 4) is 5.75 Å². The number of aromatic nitrogens is 1. The van der Waals surface area contributed by atoms with Crippen LogP contribution in [0.25, 0.3) is 0 Å². The van der Waals surface area contributed by atoms with Gasteiger partial charge in [-0.05, 0) is 30.5 Å². The van der Waals surface area contributed by atoms with E-state index in [0.717, 1.165) is 11.3 Å². The first kappa shape index (κ1) is 22.3. The maximum Gasteiger partial charge on any atom is 0.290 e. The van der Waals surface area contributed by atoms with Crippen molar-refractivity contribution in [1.82, 2.24) is 20.7 Å². The van der Waals surface area contributed by atoms with Gasteiger partial charge in [0.25, 0.3) is 5.91 Å². The van der Waals surface area contributed by atoms with Crippen LogP contribution in [0.15, 0.2) is 41.1 Å². The average Bonchev–Trinajstić information content (AvgIpc) is 3.32. The number of ether oxygens (including phenoxy) is 1. The number of rotatable bonds is 6. The summed E-state index contributed by atoms with van der Waals surface area (Å²) in [5.74, 6) is -0.144. The lowest BCUT2D eigenvalue weighted by Crippen LogP contribution is -2.44. The molecule has 2 atom stereocenters. The van der Waals surface area contributed by atoms with Gasteiger partial charge in [-0.1, -0.05) is 23.7 Å². The summed E-state index contributed by atoms with van der Waals surface area (Å²) in [6.45, 7) is 0.762. The lowest BCUT2D eigenvalue weighted by atomic mass is 9.96. The molecule has 2 N–H and O–H groups in total. The van der Waals surface area contributed by atoms with Crippen LogP contribution >= 0.6 is 0 Å². The molecule has 3 amide bonds. The second-order valence-electron chi connectivity index (χ2n) is 7.72. The van der Waals surface area contributed by atoms with E-state index >= 15 is 0 Å². The van der Waals surface area contributed by atoms with E-state index in [-0.39, 0.29) is 35.9 Å². The third-order valence-electron chi connectivity index (χ3n) is 5.44. The first-order chi connectivity index (χ1) is 15.0. The van der Waals surface area contributed by atoms with Gasteiger partial charge < -0.3 is 24.8 Å². The molecular weight excluding hydrogens is 400 g/mol. The molecule has 3 rings (SSSR count). The number of likely N-dealkylation sites (N-methyl/N-ethyl adjacent to an activating group) is 1. The molecule has 9 nitrogen and oxygen atoms in total. The summed E-state index contributed by atoms with van der Waals surface area (Å²) in [5.41, 5.74) is 0.954. The lowest BCUT2D eigenvalue weighted by Gasteiger charge is -2.24. The SMILES string of the molecule is COc1ccc(CNC(=O)[C@@H]2CCC[C@@H](NC(=O)c3ccno3)CN(C)C(=O)C2)cc1. The Hall–Kier alpha value is -3.36. The number of amides is 3. The number of hydrogen-bond donors (Lipinski definition) is 2. The summed E-state index contributed by atoms with van der Waals surface area (Å²) in [5, 5.41) is 9.36. The van der Waals surface area contributed by atoms with Crippen LogP contribution in [0.2, 0.25) is 0 Å². The lowest BCUT2D eigenvalue weighted by molar-refractivity contribution is -0.135. The molecule has 0 spiro atoms. The number of nitrogens with zero attached hydrogens (tertiary/aromatic N) is 2. The minimum atomic E-state index is -0.406. The van der Waals surface area contributed by atoms with Crippen molar-refractivity contribution >= 4 is 17.7 Å². The first-order valence-corrected chi connectivity index (χ1v) is 10.3.